The second kappa shape index (κ2) is 8.34. The standard InChI is InChI=1S/C17H19N3O5S/c1-3-25-14-8-4-12(5-9-14)16(21)20-26(23,24)15-10-6-13(7-11-15)19-17(22)18-2/h4-11H,3H2,1-2H3,(H,20,21)(H2,18,19,22). The van der Waals surface area contributed by atoms with E-state index in [2.05, 4.69) is 10.6 Å². The molecule has 2 rings (SSSR count). The number of carbonyl (C=O) groups is 2. The number of amides is 3. The molecule has 9 heteroatoms. The SMILES string of the molecule is CCOc1ccc(C(=O)NS(=O)(=O)c2ccc(NC(=O)NC)cc2)cc1. The van der Waals surface area contributed by atoms with Gasteiger partial charge in [0, 0.05) is 18.3 Å². The van der Waals surface area contributed by atoms with E-state index in [0.717, 1.165) is 0 Å². The van der Waals surface area contributed by atoms with Gasteiger partial charge < -0.3 is 15.4 Å². The normalized spacial score (nSPS) is 10.7. The van der Waals surface area contributed by atoms with Crippen LogP contribution in [0.1, 0.15) is 17.3 Å². The summed E-state index contributed by atoms with van der Waals surface area (Å²) in [5.74, 6) is -0.160. The van der Waals surface area contributed by atoms with E-state index in [1.165, 1.54) is 43.4 Å². The van der Waals surface area contributed by atoms with Crippen LogP contribution in [0.25, 0.3) is 0 Å². The third kappa shape index (κ3) is 4.96. The van der Waals surface area contributed by atoms with Crippen LogP contribution in [-0.4, -0.2) is 34.0 Å². The van der Waals surface area contributed by atoms with E-state index < -0.39 is 22.0 Å². The molecule has 0 aliphatic heterocycles. The van der Waals surface area contributed by atoms with Gasteiger partial charge in [0.2, 0.25) is 0 Å². The number of anilines is 1. The summed E-state index contributed by atoms with van der Waals surface area (Å²) < 4.78 is 31.9. The number of hydrogen-bond donors (Lipinski definition) is 3. The minimum atomic E-state index is -4.04. The van der Waals surface area contributed by atoms with Crippen LogP contribution in [0.3, 0.4) is 0 Å². The maximum absolute atomic E-state index is 12.3. The molecule has 0 aliphatic carbocycles. The van der Waals surface area contributed by atoms with Crippen molar-refractivity contribution in [3.05, 3.63) is 54.1 Å². The van der Waals surface area contributed by atoms with Gasteiger partial charge in [0.25, 0.3) is 15.9 Å². The number of urea groups is 1. The Balaban J connectivity index is 2.09. The van der Waals surface area contributed by atoms with Crippen molar-refractivity contribution >= 4 is 27.6 Å². The molecule has 2 aromatic rings. The highest BCUT2D eigenvalue weighted by atomic mass is 32.2. The molecule has 0 bridgehead atoms. The summed E-state index contributed by atoms with van der Waals surface area (Å²) in [5.41, 5.74) is 0.607. The lowest BCUT2D eigenvalue weighted by molar-refractivity contribution is 0.0981. The molecule has 138 valence electrons. The number of sulfonamides is 1. The zero-order valence-corrected chi connectivity index (χ0v) is 15.1. The van der Waals surface area contributed by atoms with Gasteiger partial charge in [-0.1, -0.05) is 0 Å². The monoisotopic (exact) mass is 377 g/mol. The van der Waals surface area contributed by atoms with Crippen LogP contribution < -0.4 is 20.1 Å². The molecule has 0 unspecified atom stereocenters. The first kappa shape index (κ1) is 19.3. The zero-order chi connectivity index (χ0) is 19.2. The fourth-order valence-corrected chi connectivity index (χ4v) is 2.99. The van der Waals surface area contributed by atoms with Crippen molar-refractivity contribution < 1.29 is 22.7 Å². The summed E-state index contributed by atoms with van der Waals surface area (Å²) in [6.45, 7) is 2.33. The van der Waals surface area contributed by atoms with Crippen LogP contribution in [0.15, 0.2) is 53.4 Å². The lowest BCUT2D eigenvalue weighted by Gasteiger charge is -2.09. The topological polar surface area (TPSA) is 114 Å². The van der Waals surface area contributed by atoms with Gasteiger partial charge in [-0.3, -0.25) is 4.79 Å². The van der Waals surface area contributed by atoms with Crippen LogP contribution >= 0.6 is 0 Å². The van der Waals surface area contributed by atoms with Crippen LogP contribution in [0.5, 0.6) is 5.75 Å². The summed E-state index contributed by atoms with van der Waals surface area (Å²) in [4.78, 5) is 23.3. The second-order valence-electron chi connectivity index (χ2n) is 5.12. The maximum Gasteiger partial charge on any atom is 0.318 e. The maximum atomic E-state index is 12.3. The van der Waals surface area contributed by atoms with E-state index in [0.29, 0.717) is 18.0 Å². The van der Waals surface area contributed by atoms with Crippen LogP contribution in [-0.2, 0) is 10.0 Å². The Hall–Kier alpha value is -3.07. The summed E-state index contributed by atoms with van der Waals surface area (Å²) in [7, 11) is -2.58. The van der Waals surface area contributed by atoms with E-state index in [-0.39, 0.29) is 10.5 Å². The van der Waals surface area contributed by atoms with Crippen molar-refractivity contribution in [3.63, 3.8) is 0 Å². The third-order valence-electron chi connectivity index (χ3n) is 3.30. The van der Waals surface area contributed by atoms with Crippen molar-refractivity contribution in [1.82, 2.24) is 10.0 Å². The van der Waals surface area contributed by atoms with Gasteiger partial charge in [-0.15, -0.1) is 0 Å². The largest absolute Gasteiger partial charge is 0.494 e. The highest BCUT2D eigenvalue weighted by Gasteiger charge is 2.18. The molecule has 2 aromatic carbocycles. The van der Waals surface area contributed by atoms with Gasteiger partial charge in [-0.05, 0) is 55.5 Å². The minimum absolute atomic E-state index is 0.0979. The van der Waals surface area contributed by atoms with Crippen LogP contribution in [0, 0.1) is 0 Å². The Kier molecular flexibility index (Phi) is 6.18. The molecule has 0 atom stereocenters. The lowest BCUT2D eigenvalue weighted by Crippen LogP contribution is -2.30. The molecule has 0 heterocycles. The number of ether oxygens (including phenoxy) is 1. The van der Waals surface area contributed by atoms with Gasteiger partial charge >= 0.3 is 6.03 Å². The molecule has 26 heavy (non-hydrogen) atoms. The predicted molar refractivity (Wildman–Crippen MR) is 96.8 cm³/mol. The molecule has 0 saturated heterocycles. The van der Waals surface area contributed by atoms with Crippen molar-refractivity contribution in [3.8, 4) is 5.75 Å². The van der Waals surface area contributed by atoms with Gasteiger partial charge in [-0.25, -0.2) is 17.9 Å². The predicted octanol–water partition coefficient (Wildman–Crippen LogP) is 1.96. The molecule has 8 nitrogen and oxygen atoms in total. The molecule has 3 N–H and O–H groups in total. The number of carbonyl (C=O) groups excluding carboxylic acids is 2. The van der Waals surface area contributed by atoms with Crippen molar-refractivity contribution in [2.24, 2.45) is 0 Å². The number of benzene rings is 2. The van der Waals surface area contributed by atoms with E-state index >= 15 is 0 Å². The molecule has 0 saturated carbocycles. The number of hydrogen-bond acceptors (Lipinski definition) is 5. The van der Waals surface area contributed by atoms with E-state index in [1.807, 2.05) is 11.6 Å². The average Bonchev–Trinajstić information content (AvgIpc) is 2.62. The second-order valence-corrected chi connectivity index (χ2v) is 6.80. The summed E-state index contributed by atoms with van der Waals surface area (Å²) in [6.07, 6.45) is 0. The molecule has 0 aromatic heterocycles. The molecule has 0 aliphatic rings. The molecular weight excluding hydrogens is 358 g/mol. The Bertz CT molecular complexity index is 878. The number of rotatable bonds is 6. The van der Waals surface area contributed by atoms with Crippen molar-refractivity contribution in [2.75, 3.05) is 19.0 Å². The molecule has 0 radical (unpaired) electrons. The highest BCUT2D eigenvalue weighted by Crippen LogP contribution is 2.16. The third-order valence-corrected chi connectivity index (χ3v) is 4.65. The summed E-state index contributed by atoms with van der Waals surface area (Å²) in [6, 6.07) is 11.1. The summed E-state index contributed by atoms with van der Waals surface area (Å²) in [5, 5.41) is 4.89. The van der Waals surface area contributed by atoms with E-state index in [9.17, 15) is 18.0 Å². The van der Waals surface area contributed by atoms with E-state index in [4.69, 9.17) is 4.74 Å². The van der Waals surface area contributed by atoms with Crippen LogP contribution in [0.4, 0.5) is 10.5 Å². The Labute approximate surface area is 151 Å². The summed E-state index contributed by atoms with van der Waals surface area (Å²) >= 11 is 0. The fourth-order valence-electron chi connectivity index (χ4n) is 2.02. The van der Waals surface area contributed by atoms with Gasteiger partial charge in [-0.2, -0.15) is 0 Å². The quantitative estimate of drug-likeness (QED) is 0.712. The zero-order valence-electron chi connectivity index (χ0n) is 14.3. The smallest absolute Gasteiger partial charge is 0.318 e. The Morgan fingerprint density at radius 2 is 1.62 bits per heavy atom. The number of nitrogens with one attached hydrogen (secondary N) is 3. The van der Waals surface area contributed by atoms with Crippen molar-refractivity contribution in [1.29, 1.82) is 0 Å². The molecular formula is C17H19N3O5S. The van der Waals surface area contributed by atoms with Gasteiger partial charge in [0.1, 0.15) is 5.75 Å². The lowest BCUT2D eigenvalue weighted by atomic mass is 10.2. The first-order chi connectivity index (χ1) is 12.4. The van der Waals surface area contributed by atoms with Crippen LogP contribution in [0.2, 0.25) is 0 Å². The Morgan fingerprint density at radius 1 is 1.00 bits per heavy atom. The minimum Gasteiger partial charge on any atom is -0.494 e. The van der Waals surface area contributed by atoms with Gasteiger partial charge in [0.15, 0.2) is 0 Å². The molecule has 3 amide bonds. The average molecular weight is 377 g/mol. The van der Waals surface area contributed by atoms with Crippen molar-refractivity contribution in [2.45, 2.75) is 11.8 Å². The van der Waals surface area contributed by atoms with E-state index in [1.54, 1.807) is 12.1 Å². The Morgan fingerprint density at radius 3 is 2.15 bits per heavy atom. The fraction of sp³-hybridized carbons (Fsp3) is 0.176. The highest BCUT2D eigenvalue weighted by molar-refractivity contribution is 7.90. The first-order valence-electron chi connectivity index (χ1n) is 7.74. The molecule has 0 spiro atoms. The van der Waals surface area contributed by atoms with Gasteiger partial charge in [0.05, 0.1) is 11.5 Å². The molecule has 0 fully saturated rings. The first-order valence-corrected chi connectivity index (χ1v) is 9.23.